The number of para-hydroxylation sites is 1. The third kappa shape index (κ3) is 5.03. The van der Waals surface area contributed by atoms with Gasteiger partial charge in [-0.3, -0.25) is 14.7 Å². The number of fused-ring (bicyclic) bond motifs is 1. The summed E-state index contributed by atoms with van der Waals surface area (Å²) >= 11 is 0. The number of carbonyl (C=O) groups excluding carboxylic acids is 1. The fraction of sp³-hybridized carbons (Fsp3) is 0.240. The number of nitrogens with zero attached hydrogens (tertiary/aromatic N) is 3. The minimum atomic E-state index is -4.53. The summed E-state index contributed by atoms with van der Waals surface area (Å²) < 4.78 is 45.8. The lowest BCUT2D eigenvalue weighted by Crippen LogP contribution is -2.35. The zero-order valence-electron chi connectivity index (χ0n) is 18.6. The Hall–Kier alpha value is -3.76. The maximum Gasteiger partial charge on any atom is 0.417 e. The van der Waals surface area contributed by atoms with Crippen molar-refractivity contribution in [2.45, 2.75) is 12.7 Å². The molecule has 35 heavy (non-hydrogen) atoms. The van der Waals surface area contributed by atoms with Gasteiger partial charge in [0.2, 0.25) is 0 Å². The monoisotopic (exact) mass is 481 g/mol. The van der Waals surface area contributed by atoms with E-state index in [1.165, 1.54) is 18.2 Å². The van der Waals surface area contributed by atoms with Crippen molar-refractivity contribution in [1.82, 2.24) is 19.9 Å². The van der Waals surface area contributed by atoms with Crippen molar-refractivity contribution in [3.05, 3.63) is 77.6 Å². The number of halogens is 3. The molecule has 180 valence electrons. The average molecular weight is 481 g/mol. The van der Waals surface area contributed by atoms with Gasteiger partial charge < -0.3 is 15.0 Å². The van der Waals surface area contributed by atoms with E-state index in [1.54, 1.807) is 30.5 Å². The van der Waals surface area contributed by atoms with E-state index in [4.69, 9.17) is 4.74 Å². The van der Waals surface area contributed by atoms with Gasteiger partial charge in [0.25, 0.3) is 5.91 Å². The number of ether oxygens (including phenoxy) is 1. The van der Waals surface area contributed by atoms with Crippen LogP contribution in [0.3, 0.4) is 0 Å². The third-order valence-corrected chi connectivity index (χ3v) is 5.82. The molecule has 4 aromatic rings. The number of aromatic amines is 1. The molecule has 1 amide bonds. The third-order valence-electron chi connectivity index (χ3n) is 5.82. The number of anilines is 1. The van der Waals surface area contributed by atoms with Crippen molar-refractivity contribution in [2.75, 3.05) is 31.6 Å². The van der Waals surface area contributed by atoms with Crippen molar-refractivity contribution in [3.63, 3.8) is 0 Å². The molecule has 1 aliphatic rings. The standard InChI is InChI=1S/C25H22F3N5O2/c26-25(27,28)20-6-2-1-4-18(20)23-31-21-7-3-5-19(22(21)32-23)24(34)30-16-8-9-17(29-14-16)15-33-10-12-35-13-11-33/h1-9,14H,10-13,15H2,(H,30,34)(H,31,32). The Bertz CT molecular complexity index is 1350. The van der Waals surface area contributed by atoms with Gasteiger partial charge in [-0.2, -0.15) is 13.2 Å². The predicted octanol–water partition coefficient (Wildman–Crippen LogP) is 4.73. The van der Waals surface area contributed by atoms with Gasteiger partial charge >= 0.3 is 6.18 Å². The highest BCUT2D eigenvalue weighted by Crippen LogP contribution is 2.36. The Morgan fingerprint density at radius 2 is 1.86 bits per heavy atom. The molecule has 2 N–H and O–H groups in total. The van der Waals surface area contributed by atoms with Crippen LogP contribution < -0.4 is 5.32 Å². The zero-order valence-corrected chi connectivity index (χ0v) is 18.6. The maximum atomic E-state index is 13.5. The lowest BCUT2D eigenvalue weighted by Gasteiger charge is -2.26. The molecule has 0 unspecified atom stereocenters. The van der Waals surface area contributed by atoms with Crippen molar-refractivity contribution in [3.8, 4) is 11.4 Å². The lowest BCUT2D eigenvalue weighted by atomic mass is 10.1. The van der Waals surface area contributed by atoms with E-state index in [9.17, 15) is 18.0 Å². The molecule has 0 saturated carbocycles. The molecule has 10 heteroatoms. The number of pyridine rings is 1. The SMILES string of the molecule is O=C(Nc1ccc(CN2CCOCC2)nc1)c1cccc2[nH]c(-c3ccccc3C(F)(F)F)nc12. The van der Waals surface area contributed by atoms with Gasteiger partial charge in [-0.05, 0) is 30.3 Å². The van der Waals surface area contributed by atoms with Gasteiger partial charge in [-0.15, -0.1) is 0 Å². The van der Waals surface area contributed by atoms with E-state index in [1.807, 2.05) is 6.07 Å². The van der Waals surface area contributed by atoms with Crippen LogP contribution >= 0.6 is 0 Å². The van der Waals surface area contributed by atoms with E-state index >= 15 is 0 Å². The van der Waals surface area contributed by atoms with Crippen LogP contribution in [-0.4, -0.2) is 52.1 Å². The topological polar surface area (TPSA) is 83.1 Å². The van der Waals surface area contributed by atoms with Gasteiger partial charge in [-0.1, -0.05) is 24.3 Å². The van der Waals surface area contributed by atoms with Gasteiger partial charge in [-0.25, -0.2) is 4.98 Å². The fourth-order valence-electron chi connectivity index (χ4n) is 4.06. The van der Waals surface area contributed by atoms with Crippen molar-refractivity contribution < 1.29 is 22.7 Å². The number of amides is 1. The minimum absolute atomic E-state index is 0.0438. The van der Waals surface area contributed by atoms with Gasteiger partial charge in [0, 0.05) is 25.2 Å². The summed E-state index contributed by atoms with van der Waals surface area (Å²) in [6.07, 6.45) is -2.94. The summed E-state index contributed by atoms with van der Waals surface area (Å²) in [6, 6.07) is 13.7. The molecular weight excluding hydrogens is 459 g/mol. The van der Waals surface area contributed by atoms with Crippen LogP contribution in [0.4, 0.5) is 18.9 Å². The Balaban J connectivity index is 1.37. The molecular formula is C25H22F3N5O2. The molecule has 5 rings (SSSR count). The van der Waals surface area contributed by atoms with E-state index in [0.717, 1.165) is 24.8 Å². The molecule has 0 bridgehead atoms. The highest BCUT2D eigenvalue weighted by atomic mass is 19.4. The summed E-state index contributed by atoms with van der Waals surface area (Å²) in [6.45, 7) is 3.81. The van der Waals surface area contributed by atoms with Crippen molar-refractivity contribution in [2.24, 2.45) is 0 Å². The highest BCUT2D eigenvalue weighted by molar-refractivity contribution is 6.11. The Kier molecular flexibility index (Phi) is 6.23. The molecule has 0 spiro atoms. The van der Waals surface area contributed by atoms with Gasteiger partial charge in [0.15, 0.2) is 0 Å². The number of nitrogens with one attached hydrogen (secondary N) is 2. The number of H-pyrrole nitrogens is 1. The van der Waals surface area contributed by atoms with Crippen LogP contribution in [0.2, 0.25) is 0 Å². The number of rotatable bonds is 5. The summed E-state index contributed by atoms with van der Waals surface area (Å²) in [5.41, 5.74) is 1.50. The molecule has 0 aliphatic carbocycles. The minimum Gasteiger partial charge on any atom is -0.379 e. The van der Waals surface area contributed by atoms with Crippen LogP contribution in [0.5, 0.6) is 0 Å². The molecule has 2 aromatic carbocycles. The maximum absolute atomic E-state index is 13.5. The summed E-state index contributed by atoms with van der Waals surface area (Å²) in [4.78, 5) is 27.0. The second kappa shape index (κ2) is 9.47. The second-order valence-electron chi connectivity index (χ2n) is 8.21. The Morgan fingerprint density at radius 3 is 2.60 bits per heavy atom. The molecule has 2 aromatic heterocycles. The number of imidazole rings is 1. The fourth-order valence-corrected chi connectivity index (χ4v) is 4.06. The van der Waals surface area contributed by atoms with Crippen LogP contribution in [0.15, 0.2) is 60.8 Å². The highest BCUT2D eigenvalue weighted by Gasteiger charge is 2.34. The number of benzene rings is 2. The first kappa shape index (κ1) is 23.0. The molecule has 1 saturated heterocycles. The van der Waals surface area contributed by atoms with Crippen LogP contribution in [0.1, 0.15) is 21.6 Å². The summed E-state index contributed by atoms with van der Waals surface area (Å²) in [5.74, 6) is -0.386. The first-order chi connectivity index (χ1) is 16.9. The first-order valence-corrected chi connectivity index (χ1v) is 11.1. The number of hydrogen-bond donors (Lipinski definition) is 2. The molecule has 0 radical (unpaired) electrons. The van der Waals surface area contributed by atoms with E-state index in [0.29, 0.717) is 31.0 Å². The number of hydrogen-bond acceptors (Lipinski definition) is 5. The first-order valence-electron chi connectivity index (χ1n) is 11.1. The number of carbonyl (C=O) groups is 1. The molecule has 0 atom stereocenters. The molecule has 3 heterocycles. The van der Waals surface area contributed by atoms with E-state index in [2.05, 4.69) is 25.2 Å². The molecule has 1 fully saturated rings. The van der Waals surface area contributed by atoms with Crippen LogP contribution in [0.25, 0.3) is 22.4 Å². The van der Waals surface area contributed by atoms with Gasteiger partial charge in [0.05, 0.1) is 47.4 Å². The van der Waals surface area contributed by atoms with E-state index < -0.39 is 17.6 Å². The van der Waals surface area contributed by atoms with E-state index in [-0.39, 0.29) is 22.5 Å². The number of alkyl halides is 3. The Labute approximate surface area is 199 Å². The zero-order chi connectivity index (χ0) is 24.4. The Morgan fingerprint density at radius 1 is 1.06 bits per heavy atom. The summed E-state index contributed by atoms with van der Waals surface area (Å²) in [5, 5.41) is 2.80. The predicted molar refractivity (Wildman–Crippen MR) is 125 cm³/mol. The second-order valence-corrected chi connectivity index (χ2v) is 8.21. The quantitative estimate of drug-likeness (QED) is 0.431. The van der Waals surface area contributed by atoms with Crippen LogP contribution in [0, 0.1) is 0 Å². The lowest BCUT2D eigenvalue weighted by molar-refractivity contribution is -0.137. The van der Waals surface area contributed by atoms with Crippen LogP contribution in [-0.2, 0) is 17.5 Å². The van der Waals surface area contributed by atoms with Gasteiger partial charge in [0.1, 0.15) is 11.3 Å². The van der Waals surface area contributed by atoms with Crippen molar-refractivity contribution >= 4 is 22.6 Å². The summed E-state index contributed by atoms with van der Waals surface area (Å²) in [7, 11) is 0. The average Bonchev–Trinajstić information content (AvgIpc) is 3.30. The molecule has 1 aliphatic heterocycles. The smallest absolute Gasteiger partial charge is 0.379 e. The number of aromatic nitrogens is 3. The normalized spacial score (nSPS) is 14.8. The van der Waals surface area contributed by atoms with Crippen molar-refractivity contribution in [1.29, 1.82) is 0 Å². The molecule has 7 nitrogen and oxygen atoms in total. The number of morpholine rings is 1. The largest absolute Gasteiger partial charge is 0.417 e.